The fraction of sp³-hybridized carbons (Fsp3) is 0.364. The maximum Gasteiger partial charge on any atom is 0.426 e. The Hall–Kier alpha value is -1.61. The summed E-state index contributed by atoms with van der Waals surface area (Å²) >= 11 is 4.79. The summed E-state index contributed by atoms with van der Waals surface area (Å²) < 4.78 is 9.20. The Balaban J connectivity index is 1.63. The highest BCUT2D eigenvalue weighted by Crippen LogP contribution is 2.33. The predicted octanol–water partition coefficient (Wildman–Crippen LogP) is 8.87. The lowest BCUT2D eigenvalue weighted by Gasteiger charge is -2.20. The molecule has 0 saturated heterocycles. The minimum Gasteiger partial charge on any atom is -0.549 e. The number of hydrogen-bond donors (Lipinski definition) is 0. The van der Waals surface area contributed by atoms with E-state index < -0.39 is 0 Å². The number of halogens is 2. The van der Waals surface area contributed by atoms with Crippen LogP contribution in [0.15, 0.2) is 72.9 Å². The molecule has 0 bridgehead atoms. The number of pyridine rings is 1. The van der Waals surface area contributed by atoms with Gasteiger partial charge in [0.1, 0.15) is 11.3 Å². The molecule has 5 heteroatoms. The van der Waals surface area contributed by atoms with Gasteiger partial charge in [-0.15, -0.1) is 0 Å². The van der Waals surface area contributed by atoms with Gasteiger partial charge in [0.25, 0.3) is 0 Å². The van der Waals surface area contributed by atoms with Crippen LogP contribution in [0.1, 0.15) is 76.3 Å². The van der Waals surface area contributed by atoms with Crippen molar-refractivity contribution in [3.8, 4) is 5.75 Å². The summed E-state index contributed by atoms with van der Waals surface area (Å²) in [6.07, 6.45) is 14.4. The summed E-state index contributed by atoms with van der Waals surface area (Å²) in [5.41, 5.74) is 6.09. The molecule has 0 unspecified atom stereocenters. The third kappa shape index (κ3) is 7.97. The van der Waals surface area contributed by atoms with E-state index in [1.165, 1.54) is 77.0 Å². The molecular formula is C33H38BI2NO. The summed E-state index contributed by atoms with van der Waals surface area (Å²) in [6.45, 7) is 4.33. The van der Waals surface area contributed by atoms with Crippen LogP contribution in [-0.4, -0.2) is 11.9 Å². The Labute approximate surface area is 256 Å². The van der Waals surface area contributed by atoms with Gasteiger partial charge >= 0.3 is 6.92 Å². The molecule has 1 aromatic heterocycles. The Morgan fingerprint density at radius 3 is 1.76 bits per heavy atom. The molecule has 0 amide bonds. The molecule has 0 aliphatic carbocycles. The Kier molecular flexibility index (Phi) is 11.8. The molecule has 4 rings (SSSR count). The van der Waals surface area contributed by atoms with Crippen LogP contribution in [0, 0.1) is 7.14 Å². The van der Waals surface area contributed by atoms with Crippen LogP contribution in [0.3, 0.4) is 0 Å². The normalized spacial score (nSPS) is 11.2. The van der Waals surface area contributed by atoms with Crippen LogP contribution in [-0.2, 0) is 12.8 Å². The SMILES string of the molecule is CCCCCCc1ccc(B(Oc2c(I)cc(I)c3cccnc23)c2ccc(CCCCCC)cc2)cc1. The zero-order chi connectivity index (χ0) is 26.7. The molecule has 0 atom stereocenters. The topological polar surface area (TPSA) is 22.1 Å². The summed E-state index contributed by atoms with van der Waals surface area (Å²) in [5, 5.41) is 1.13. The second-order valence-electron chi connectivity index (χ2n) is 10.2. The van der Waals surface area contributed by atoms with Gasteiger partial charge in [0.15, 0.2) is 0 Å². The average Bonchev–Trinajstić information content (AvgIpc) is 2.94. The number of rotatable bonds is 14. The fourth-order valence-corrected chi connectivity index (χ4v) is 6.97. The van der Waals surface area contributed by atoms with Gasteiger partial charge in [0.05, 0.1) is 3.57 Å². The molecule has 198 valence electrons. The molecular weight excluding hydrogens is 691 g/mol. The van der Waals surface area contributed by atoms with Crippen molar-refractivity contribution in [1.29, 1.82) is 0 Å². The summed E-state index contributed by atoms with van der Waals surface area (Å²) in [5.74, 6) is 0.860. The molecule has 0 saturated carbocycles. The van der Waals surface area contributed by atoms with E-state index in [1.807, 2.05) is 12.3 Å². The number of nitrogens with zero attached hydrogens (tertiary/aromatic N) is 1. The highest BCUT2D eigenvalue weighted by atomic mass is 127. The summed E-state index contributed by atoms with van der Waals surface area (Å²) in [4.78, 5) is 4.73. The van der Waals surface area contributed by atoms with Gasteiger partial charge in [0, 0.05) is 15.2 Å². The van der Waals surface area contributed by atoms with E-state index in [0.717, 1.165) is 33.1 Å². The van der Waals surface area contributed by atoms with Crippen molar-refractivity contribution in [2.45, 2.75) is 78.1 Å². The van der Waals surface area contributed by atoms with Gasteiger partial charge in [-0.1, -0.05) is 107 Å². The number of fused-ring (bicyclic) bond motifs is 1. The van der Waals surface area contributed by atoms with E-state index in [1.54, 1.807) is 0 Å². The van der Waals surface area contributed by atoms with E-state index >= 15 is 0 Å². The van der Waals surface area contributed by atoms with Gasteiger partial charge in [-0.25, -0.2) is 0 Å². The molecule has 1 heterocycles. The zero-order valence-electron chi connectivity index (χ0n) is 22.7. The molecule has 4 aromatic rings. The van der Waals surface area contributed by atoms with Crippen molar-refractivity contribution in [3.63, 3.8) is 0 Å². The molecule has 38 heavy (non-hydrogen) atoms. The van der Waals surface area contributed by atoms with Crippen molar-refractivity contribution in [2.24, 2.45) is 0 Å². The molecule has 2 nitrogen and oxygen atoms in total. The first-order valence-corrected chi connectivity index (χ1v) is 16.3. The fourth-order valence-electron chi connectivity index (χ4n) is 4.94. The van der Waals surface area contributed by atoms with Gasteiger partial charge in [0.2, 0.25) is 0 Å². The second kappa shape index (κ2) is 15.3. The maximum absolute atomic E-state index is 6.92. The number of unbranched alkanes of at least 4 members (excludes halogenated alkanes) is 6. The Morgan fingerprint density at radius 2 is 1.24 bits per heavy atom. The van der Waals surface area contributed by atoms with Gasteiger partial charge < -0.3 is 4.65 Å². The first kappa shape index (κ1) is 29.4. The summed E-state index contributed by atoms with van der Waals surface area (Å²) in [7, 11) is 0. The average molecular weight is 729 g/mol. The van der Waals surface area contributed by atoms with E-state index in [2.05, 4.69) is 120 Å². The molecule has 0 aliphatic rings. The van der Waals surface area contributed by atoms with E-state index in [-0.39, 0.29) is 6.92 Å². The molecule has 0 N–H and O–H groups in total. The van der Waals surface area contributed by atoms with Gasteiger partial charge in [-0.3, -0.25) is 4.98 Å². The molecule has 3 aromatic carbocycles. The molecule has 0 radical (unpaired) electrons. The lowest BCUT2D eigenvalue weighted by atomic mass is 9.55. The Bertz CT molecular complexity index is 1240. The first-order valence-electron chi connectivity index (χ1n) is 14.2. The lowest BCUT2D eigenvalue weighted by Crippen LogP contribution is -2.47. The van der Waals surface area contributed by atoms with Crippen LogP contribution < -0.4 is 15.6 Å². The van der Waals surface area contributed by atoms with Crippen LogP contribution >= 0.6 is 45.2 Å². The van der Waals surface area contributed by atoms with Crippen LogP contribution in [0.2, 0.25) is 0 Å². The Morgan fingerprint density at radius 1 is 0.684 bits per heavy atom. The highest BCUT2D eigenvalue weighted by molar-refractivity contribution is 14.1. The van der Waals surface area contributed by atoms with Crippen molar-refractivity contribution >= 4 is 73.9 Å². The molecule has 0 fully saturated rings. The third-order valence-electron chi connectivity index (χ3n) is 7.19. The lowest BCUT2D eigenvalue weighted by molar-refractivity contribution is 0.593. The third-order valence-corrected chi connectivity index (χ3v) is 8.88. The van der Waals surface area contributed by atoms with Crippen molar-refractivity contribution in [3.05, 3.63) is 91.2 Å². The molecule has 0 aliphatic heterocycles. The van der Waals surface area contributed by atoms with Crippen LogP contribution in [0.4, 0.5) is 0 Å². The van der Waals surface area contributed by atoms with Crippen LogP contribution in [0.25, 0.3) is 10.9 Å². The number of aromatic nitrogens is 1. The number of hydrogen-bond acceptors (Lipinski definition) is 2. The standard InChI is InChI=1S/C33H38BI2NO/c1-3-5-7-9-12-25-15-19-27(20-16-25)34(28-21-17-26(18-22-28)13-10-8-6-4-2)38-33-31(36)24-30(35)29-14-11-23-37-32(29)33/h11,14-24H,3-10,12-13H2,1-2H3. The minimum atomic E-state index is -0.197. The first-order chi connectivity index (χ1) is 18.6. The number of aryl methyl sites for hydroxylation is 2. The zero-order valence-corrected chi connectivity index (χ0v) is 27.0. The highest BCUT2D eigenvalue weighted by Gasteiger charge is 2.26. The smallest absolute Gasteiger partial charge is 0.426 e. The van der Waals surface area contributed by atoms with Crippen molar-refractivity contribution < 1.29 is 4.65 Å². The predicted molar refractivity (Wildman–Crippen MR) is 181 cm³/mol. The van der Waals surface area contributed by atoms with E-state index in [9.17, 15) is 0 Å². The van der Waals surface area contributed by atoms with Crippen molar-refractivity contribution in [1.82, 2.24) is 4.98 Å². The largest absolute Gasteiger partial charge is 0.549 e. The number of benzene rings is 3. The minimum absolute atomic E-state index is 0.197. The van der Waals surface area contributed by atoms with Gasteiger partial charge in [-0.2, -0.15) is 0 Å². The van der Waals surface area contributed by atoms with E-state index in [4.69, 9.17) is 9.64 Å². The quantitative estimate of drug-likeness (QED) is 0.0736. The maximum atomic E-state index is 6.92. The second-order valence-corrected chi connectivity index (χ2v) is 12.5. The van der Waals surface area contributed by atoms with Gasteiger partial charge in [-0.05, 0) is 105 Å². The van der Waals surface area contributed by atoms with E-state index in [0.29, 0.717) is 0 Å². The van der Waals surface area contributed by atoms with Crippen molar-refractivity contribution in [2.75, 3.05) is 0 Å². The summed E-state index contributed by atoms with van der Waals surface area (Å²) in [6, 6.07) is 24.5. The van der Waals surface area contributed by atoms with Crippen LogP contribution in [0.5, 0.6) is 5.75 Å². The monoisotopic (exact) mass is 729 g/mol. The molecule has 0 spiro atoms.